The highest BCUT2D eigenvalue weighted by molar-refractivity contribution is 6.20. The number of allylic oxidation sites excluding steroid dienone is 6. The second-order valence-corrected chi connectivity index (χ2v) is 30.1. The second-order valence-electron chi connectivity index (χ2n) is 30.1. The lowest BCUT2D eigenvalue weighted by Crippen LogP contribution is -1.94. The quantitative estimate of drug-likeness (QED) is 0.105. The van der Waals surface area contributed by atoms with Gasteiger partial charge < -0.3 is 0 Å². The van der Waals surface area contributed by atoms with Gasteiger partial charge >= 0.3 is 0 Å². The fourth-order valence-corrected chi connectivity index (χ4v) is 18.1. The third kappa shape index (κ3) is 10.6. The lowest BCUT2D eigenvalue weighted by Gasteiger charge is -2.15. The second kappa shape index (κ2) is 24.8. The van der Waals surface area contributed by atoms with Crippen LogP contribution >= 0.6 is 0 Å². The molecular weight excluding hydrogens is 1250 g/mol. The zero-order valence-electron chi connectivity index (χ0n) is 61.4. The molecule has 20 rings (SSSR count). The molecule has 0 heteroatoms. The number of rotatable bonds is 0. The summed E-state index contributed by atoms with van der Waals surface area (Å²) in [6.45, 7) is 24.9. The van der Waals surface area contributed by atoms with Crippen molar-refractivity contribution in [1.82, 2.24) is 0 Å². The van der Waals surface area contributed by atoms with Gasteiger partial charge in [-0.3, -0.25) is 0 Å². The van der Waals surface area contributed by atoms with E-state index in [1.807, 2.05) is 41.5 Å². The van der Waals surface area contributed by atoms with Crippen LogP contribution in [0.5, 0.6) is 0 Å². The fourth-order valence-electron chi connectivity index (χ4n) is 18.1. The van der Waals surface area contributed by atoms with Crippen LogP contribution in [0.15, 0.2) is 167 Å². The molecule has 0 fully saturated rings. The van der Waals surface area contributed by atoms with E-state index in [0.29, 0.717) is 0 Å². The van der Waals surface area contributed by atoms with Gasteiger partial charge in [-0.2, -0.15) is 0 Å². The largest absolute Gasteiger partial charge is 0.101 e. The Kier molecular flexibility index (Phi) is 15.2. The molecule has 0 saturated heterocycles. The first-order valence-corrected chi connectivity index (χ1v) is 36.7. The summed E-state index contributed by atoms with van der Waals surface area (Å²) in [4.78, 5) is 0. The fraction of sp³-hybridized carbons (Fsp3) is 0.173. The molecule has 14 aromatic carbocycles. The molecule has 104 heavy (non-hydrogen) atoms. The van der Waals surface area contributed by atoms with Gasteiger partial charge in [0.1, 0.15) is 0 Å². The minimum absolute atomic E-state index is 1.02. The van der Waals surface area contributed by atoms with E-state index in [4.69, 9.17) is 0 Å². The van der Waals surface area contributed by atoms with Gasteiger partial charge in [0.25, 0.3) is 0 Å². The summed E-state index contributed by atoms with van der Waals surface area (Å²) in [6, 6.07) is 51.7. The maximum absolute atomic E-state index is 3.49. The number of hydrogen-bond acceptors (Lipinski definition) is 0. The maximum atomic E-state index is 3.49. The van der Waals surface area contributed by atoms with Gasteiger partial charge in [-0.15, -0.1) is 35.5 Å². The Morgan fingerprint density at radius 3 is 0.500 bits per heavy atom. The maximum Gasteiger partial charge on any atom is 0.0403 e. The summed E-state index contributed by atoms with van der Waals surface area (Å²) in [7, 11) is 0. The molecule has 0 unspecified atom stereocenters. The summed E-state index contributed by atoms with van der Waals surface area (Å²) in [5.41, 5.74) is 31.8. The summed E-state index contributed by atoms with van der Waals surface area (Å²) in [5.74, 6) is 40.1. The van der Waals surface area contributed by atoms with Crippen LogP contribution in [0, 0.1) is 71.0 Å². The molecule has 0 N–H and O–H groups in total. The predicted octanol–water partition coefficient (Wildman–Crippen LogP) is 25.7. The minimum Gasteiger partial charge on any atom is -0.101 e. The molecule has 0 saturated carbocycles. The molecule has 0 spiro atoms. The van der Waals surface area contributed by atoms with Crippen molar-refractivity contribution in [3.63, 3.8) is 0 Å². The molecule has 0 radical (unpaired) electrons. The van der Waals surface area contributed by atoms with Crippen molar-refractivity contribution in [3.8, 4) is 71.0 Å². The van der Waals surface area contributed by atoms with Gasteiger partial charge in [-0.05, 0) is 410 Å². The Morgan fingerprint density at radius 1 is 0.173 bits per heavy atom. The zero-order chi connectivity index (χ0) is 71.1. The predicted molar refractivity (Wildman–Crippen MR) is 451 cm³/mol. The van der Waals surface area contributed by atoms with Gasteiger partial charge in [0, 0.05) is 33.4 Å². The third-order valence-corrected chi connectivity index (χ3v) is 22.4. The molecule has 6 aliphatic rings. The minimum atomic E-state index is 1.02. The van der Waals surface area contributed by atoms with Crippen LogP contribution in [-0.2, 0) is 38.5 Å². The average Bonchev–Trinajstić information content (AvgIpc) is 1.02. The SMILES string of the molecule is CC#Cc1c2cc3c(cc2c(C#CC)c2cc4cc5c(cc4cc12)C=C(C)C5)CC(C)=C3.CC#Cc1c2cc3cc4c(cc3cc2c(C#CC)c2cc3cc5c(cc3cc12)C=C(C)C5)CC(C)=C4.CC#Cc1c2cc3cc4c(cc3cc2c(C#CC)c2cc3cc5c(cc3cc12)CC(C)=C5)CC(C)=C4. The number of hydrogen-bond donors (Lipinski definition) is 0. The van der Waals surface area contributed by atoms with Crippen molar-refractivity contribution < 1.29 is 0 Å². The molecule has 6 aliphatic carbocycles. The van der Waals surface area contributed by atoms with Crippen molar-refractivity contribution in [2.75, 3.05) is 0 Å². The Hall–Kier alpha value is -12.3. The molecule has 0 amide bonds. The Balaban J connectivity index is 0.000000111. The molecule has 0 heterocycles. The molecule has 492 valence electrons. The van der Waals surface area contributed by atoms with Gasteiger partial charge in [0.15, 0.2) is 0 Å². The van der Waals surface area contributed by atoms with Crippen molar-refractivity contribution in [2.45, 2.75) is 122 Å². The van der Waals surface area contributed by atoms with Gasteiger partial charge in [0.2, 0.25) is 0 Å². The van der Waals surface area contributed by atoms with Gasteiger partial charge in [-0.1, -0.05) is 136 Å². The smallest absolute Gasteiger partial charge is 0.0403 e. The molecule has 0 aromatic heterocycles. The van der Waals surface area contributed by atoms with E-state index in [0.717, 1.165) is 71.9 Å². The van der Waals surface area contributed by atoms with Crippen molar-refractivity contribution in [3.05, 3.63) is 267 Å². The summed E-state index contributed by atoms with van der Waals surface area (Å²) >= 11 is 0. The van der Waals surface area contributed by atoms with Gasteiger partial charge in [0.05, 0.1) is 0 Å². The van der Waals surface area contributed by atoms with E-state index in [-0.39, 0.29) is 0 Å². The average molecular weight is 1330 g/mol. The van der Waals surface area contributed by atoms with Crippen LogP contribution in [0.3, 0.4) is 0 Å². The van der Waals surface area contributed by atoms with E-state index < -0.39 is 0 Å². The molecule has 0 atom stereocenters. The topological polar surface area (TPSA) is 0 Å². The summed E-state index contributed by atoms with van der Waals surface area (Å²) in [6.07, 6.45) is 20.1. The first-order chi connectivity index (χ1) is 50.6. The standard InChI is InChI=1S/2C36H26.C32H24/c2*1-5-7-31-33-17-27-13-23-9-21(3)11-25(23)15-29(27)19-35(33)32(8-6-2)36-20-30-16-26-12-22(4)10-24(26)14-28(30)18-34(31)36;1-5-7-27-29-15-23-11-20(4)12-24(23)16-30(29)28(8-6-2)32-18-26-14-22-10-19(3)9-21(22)13-25(26)17-31(27)32/h9,12-20H,10-11H2,1-4H3;9-10,13-20H,11-12H2,1-4H3;9,11,13-18H,10,12H2,1-4H3. The number of benzene rings is 14. The van der Waals surface area contributed by atoms with Crippen LogP contribution in [0.25, 0.3) is 155 Å². The van der Waals surface area contributed by atoms with Crippen LogP contribution in [0.2, 0.25) is 0 Å². The van der Waals surface area contributed by atoms with Crippen molar-refractivity contribution in [1.29, 1.82) is 0 Å². The molecule has 14 aromatic rings. The molecule has 0 bridgehead atoms. The first kappa shape index (κ1) is 63.9. The lowest BCUT2D eigenvalue weighted by molar-refractivity contribution is 1.20. The molecule has 0 nitrogen and oxygen atoms in total. The zero-order valence-corrected chi connectivity index (χ0v) is 61.4. The normalized spacial score (nSPS) is 13.8. The van der Waals surface area contributed by atoms with Gasteiger partial charge in [-0.25, -0.2) is 0 Å². The molecular formula is C104H76. The van der Waals surface area contributed by atoms with Crippen LogP contribution < -0.4 is 0 Å². The Morgan fingerprint density at radius 2 is 0.317 bits per heavy atom. The third-order valence-electron chi connectivity index (χ3n) is 22.4. The van der Waals surface area contributed by atoms with E-state index >= 15 is 0 Å². The van der Waals surface area contributed by atoms with E-state index in [2.05, 4.69) is 283 Å². The Bertz CT molecular complexity index is 6810. The van der Waals surface area contributed by atoms with Crippen molar-refractivity contribution in [2.24, 2.45) is 0 Å². The van der Waals surface area contributed by atoms with E-state index in [9.17, 15) is 0 Å². The highest BCUT2D eigenvalue weighted by Crippen LogP contribution is 2.45. The molecule has 0 aliphatic heterocycles. The monoisotopic (exact) mass is 1320 g/mol. The highest BCUT2D eigenvalue weighted by atomic mass is 14.3. The highest BCUT2D eigenvalue weighted by Gasteiger charge is 2.24. The van der Waals surface area contributed by atoms with Crippen LogP contribution in [0.4, 0.5) is 0 Å². The summed E-state index contributed by atoms with van der Waals surface area (Å²) < 4.78 is 0. The van der Waals surface area contributed by atoms with E-state index in [1.165, 1.54) is 219 Å². The van der Waals surface area contributed by atoms with E-state index in [1.54, 1.807) is 0 Å². The van der Waals surface area contributed by atoms with Crippen LogP contribution in [0.1, 0.15) is 183 Å². The van der Waals surface area contributed by atoms with Crippen molar-refractivity contribution >= 4 is 155 Å². The number of fused-ring (bicyclic) bond motifs is 17. The lowest BCUT2D eigenvalue weighted by atomic mass is 9.87. The summed E-state index contributed by atoms with van der Waals surface area (Å²) in [5, 5.41) is 27.1. The Labute approximate surface area is 610 Å². The van der Waals surface area contributed by atoms with Crippen LogP contribution in [-0.4, -0.2) is 0 Å². The first-order valence-electron chi connectivity index (χ1n) is 36.7.